The highest BCUT2D eigenvalue weighted by Gasteiger charge is 2.33. The minimum atomic E-state index is -0.478. The lowest BCUT2D eigenvalue weighted by atomic mass is 9.88. The van der Waals surface area contributed by atoms with E-state index < -0.39 is 5.54 Å². The highest BCUT2D eigenvalue weighted by Crippen LogP contribution is 2.37. The van der Waals surface area contributed by atoms with Gasteiger partial charge in [-0.05, 0) is 40.0 Å². The van der Waals surface area contributed by atoms with Crippen molar-refractivity contribution in [1.82, 2.24) is 10.6 Å². The minimum Gasteiger partial charge on any atom is -0.353 e. The molecular formula is C13H26N2OS. The molecule has 0 atom stereocenters. The lowest BCUT2D eigenvalue weighted by Gasteiger charge is -2.37. The number of carbonyl (C=O) groups is 1. The van der Waals surface area contributed by atoms with Crippen molar-refractivity contribution in [2.24, 2.45) is 0 Å². The molecule has 0 bridgehead atoms. The third kappa shape index (κ3) is 3.88. The summed E-state index contributed by atoms with van der Waals surface area (Å²) in [6, 6.07) is 0. The zero-order valence-corrected chi connectivity index (χ0v) is 12.4. The van der Waals surface area contributed by atoms with Crippen LogP contribution in [-0.2, 0) is 4.79 Å². The standard InChI is InChI=1S/C13H26N2OS/c1-12(2,14-3)11(16)15-10-13(17-4)8-6-5-7-9-13/h14H,5-10H2,1-4H3,(H,15,16). The molecule has 0 aromatic heterocycles. The molecule has 2 N–H and O–H groups in total. The molecule has 1 rings (SSSR count). The Bertz CT molecular complexity index is 260. The third-order valence-electron chi connectivity index (χ3n) is 3.96. The van der Waals surface area contributed by atoms with Crippen LogP contribution >= 0.6 is 11.8 Å². The molecule has 1 fully saturated rings. The van der Waals surface area contributed by atoms with Crippen molar-refractivity contribution in [3.63, 3.8) is 0 Å². The summed E-state index contributed by atoms with van der Waals surface area (Å²) in [5.74, 6) is 0.0963. The van der Waals surface area contributed by atoms with Crippen LogP contribution in [-0.4, -0.2) is 36.0 Å². The molecule has 4 heteroatoms. The van der Waals surface area contributed by atoms with Crippen LogP contribution in [0.2, 0.25) is 0 Å². The van der Waals surface area contributed by atoms with Gasteiger partial charge in [0, 0.05) is 11.3 Å². The van der Waals surface area contributed by atoms with Crippen molar-refractivity contribution >= 4 is 17.7 Å². The maximum absolute atomic E-state index is 12.0. The second-order valence-corrected chi connectivity index (χ2v) is 6.78. The lowest BCUT2D eigenvalue weighted by molar-refractivity contribution is -0.126. The number of carbonyl (C=O) groups excluding carboxylic acids is 1. The van der Waals surface area contributed by atoms with E-state index in [9.17, 15) is 4.79 Å². The normalized spacial score (nSPS) is 20.0. The van der Waals surface area contributed by atoms with E-state index >= 15 is 0 Å². The molecule has 0 aromatic rings. The molecule has 1 aliphatic rings. The fourth-order valence-electron chi connectivity index (χ4n) is 2.23. The monoisotopic (exact) mass is 258 g/mol. The Labute approximate surface area is 109 Å². The summed E-state index contributed by atoms with van der Waals surface area (Å²) in [5, 5.41) is 6.15. The number of hydrogen-bond donors (Lipinski definition) is 2. The van der Waals surface area contributed by atoms with Crippen LogP contribution in [0, 0.1) is 0 Å². The fraction of sp³-hybridized carbons (Fsp3) is 0.923. The van der Waals surface area contributed by atoms with Crippen LogP contribution < -0.4 is 10.6 Å². The van der Waals surface area contributed by atoms with Crippen LogP contribution in [0.1, 0.15) is 46.0 Å². The molecule has 0 radical (unpaired) electrons. The van der Waals surface area contributed by atoms with Gasteiger partial charge in [-0.3, -0.25) is 4.79 Å². The number of amides is 1. The summed E-state index contributed by atoms with van der Waals surface area (Å²) in [7, 11) is 1.82. The van der Waals surface area contributed by atoms with E-state index in [4.69, 9.17) is 0 Å². The predicted octanol–water partition coefficient (Wildman–Crippen LogP) is 2.17. The van der Waals surface area contributed by atoms with Gasteiger partial charge in [0.05, 0.1) is 5.54 Å². The number of rotatable bonds is 5. The second-order valence-electron chi connectivity index (χ2n) is 5.51. The van der Waals surface area contributed by atoms with E-state index in [-0.39, 0.29) is 10.7 Å². The van der Waals surface area contributed by atoms with E-state index in [1.807, 2.05) is 32.7 Å². The van der Waals surface area contributed by atoms with Gasteiger partial charge in [0.1, 0.15) is 0 Å². The van der Waals surface area contributed by atoms with Gasteiger partial charge < -0.3 is 10.6 Å². The molecule has 0 saturated heterocycles. The van der Waals surface area contributed by atoms with Gasteiger partial charge >= 0.3 is 0 Å². The number of thioether (sulfide) groups is 1. The van der Waals surface area contributed by atoms with Crippen molar-refractivity contribution in [2.75, 3.05) is 19.8 Å². The summed E-state index contributed by atoms with van der Waals surface area (Å²) in [5.41, 5.74) is -0.478. The molecule has 100 valence electrons. The SMILES string of the molecule is CNC(C)(C)C(=O)NCC1(SC)CCCCC1. The van der Waals surface area contributed by atoms with Crippen molar-refractivity contribution < 1.29 is 4.79 Å². The number of nitrogens with one attached hydrogen (secondary N) is 2. The van der Waals surface area contributed by atoms with Gasteiger partial charge in [-0.15, -0.1) is 0 Å². The third-order valence-corrected chi connectivity index (χ3v) is 5.38. The maximum Gasteiger partial charge on any atom is 0.239 e. The van der Waals surface area contributed by atoms with Gasteiger partial charge in [0.25, 0.3) is 0 Å². The zero-order valence-electron chi connectivity index (χ0n) is 11.6. The number of hydrogen-bond acceptors (Lipinski definition) is 3. The summed E-state index contributed by atoms with van der Waals surface area (Å²) in [4.78, 5) is 12.0. The Morgan fingerprint density at radius 3 is 2.35 bits per heavy atom. The topological polar surface area (TPSA) is 41.1 Å². The smallest absolute Gasteiger partial charge is 0.239 e. The average molecular weight is 258 g/mol. The first-order chi connectivity index (χ1) is 7.96. The van der Waals surface area contributed by atoms with Gasteiger partial charge in [-0.2, -0.15) is 11.8 Å². The van der Waals surface area contributed by atoms with Crippen molar-refractivity contribution in [1.29, 1.82) is 0 Å². The summed E-state index contributed by atoms with van der Waals surface area (Å²) >= 11 is 1.92. The molecule has 1 amide bonds. The molecule has 0 aromatic carbocycles. The van der Waals surface area contributed by atoms with Gasteiger partial charge in [-0.25, -0.2) is 0 Å². The average Bonchev–Trinajstić information content (AvgIpc) is 2.37. The molecule has 0 aliphatic heterocycles. The Balaban J connectivity index is 2.50. The predicted molar refractivity (Wildman–Crippen MR) is 75.5 cm³/mol. The number of likely N-dealkylation sites (N-methyl/N-ethyl adjacent to an activating group) is 1. The van der Waals surface area contributed by atoms with E-state index in [0.29, 0.717) is 0 Å². The molecule has 1 saturated carbocycles. The first-order valence-electron chi connectivity index (χ1n) is 6.48. The Hall–Kier alpha value is -0.220. The Morgan fingerprint density at radius 1 is 1.29 bits per heavy atom. The van der Waals surface area contributed by atoms with E-state index in [0.717, 1.165) is 6.54 Å². The quantitative estimate of drug-likeness (QED) is 0.794. The molecule has 17 heavy (non-hydrogen) atoms. The second kappa shape index (κ2) is 6.10. The van der Waals surface area contributed by atoms with Gasteiger partial charge in [-0.1, -0.05) is 19.3 Å². The largest absolute Gasteiger partial charge is 0.353 e. The Kier molecular flexibility index (Phi) is 5.32. The molecule has 1 aliphatic carbocycles. The first-order valence-corrected chi connectivity index (χ1v) is 7.71. The summed E-state index contributed by atoms with van der Waals surface area (Å²) in [6.07, 6.45) is 8.57. The van der Waals surface area contributed by atoms with E-state index in [1.165, 1.54) is 32.1 Å². The minimum absolute atomic E-state index is 0.0963. The van der Waals surface area contributed by atoms with Crippen LogP contribution in [0.3, 0.4) is 0 Å². The Morgan fingerprint density at radius 2 is 1.88 bits per heavy atom. The van der Waals surface area contributed by atoms with Gasteiger partial charge in [0.2, 0.25) is 5.91 Å². The summed E-state index contributed by atoms with van der Waals surface area (Å²) in [6.45, 7) is 4.63. The molecular weight excluding hydrogens is 232 g/mol. The zero-order chi connectivity index (χ0) is 12.9. The highest BCUT2D eigenvalue weighted by molar-refractivity contribution is 8.00. The first kappa shape index (κ1) is 14.8. The van der Waals surface area contributed by atoms with E-state index in [2.05, 4.69) is 16.9 Å². The molecule has 0 unspecified atom stereocenters. The lowest BCUT2D eigenvalue weighted by Crippen LogP contribution is -2.54. The fourth-order valence-corrected chi connectivity index (χ4v) is 3.14. The van der Waals surface area contributed by atoms with Crippen LogP contribution in [0.25, 0.3) is 0 Å². The molecule has 3 nitrogen and oxygen atoms in total. The van der Waals surface area contributed by atoms with E-state index in [1.54, 1.807) is 0 Å². The van der Waals surface area contributed by atoms with Crippen molar-refractivity contribution in [3.8, 4) is 0 Å². The van der Waals surface area contributed by atoms with Gasteiger partial charge in [0.15, 0.2) is 0 Å². The molecule has 0 heterocycles. The summed E-state index contributed by atoms with van der Waals surface area (Å²) < 4.78 is 0.276. The van der Waals surface area contributed by atoms with Crippen molar-refractivity contribution in [2.45, 2.75) is 56.2 Å². The van der Waals surface area contributed by atoms with Crippen LogP contribution in [0.5, 0.6) is 0 Å². The van der Waals surface area contributed by atoms with Crippen molar-refractivity contribution in [3.05, 3.63) is 0 Å². The van der Waals surface area contributed by atoms with Crippen LogP contribution in [0.15, 0.2) is 0 Å². The highest BCUT2D eigenvalue weighted by atomic mass is 32.2. The molecule has 0 spiro atoms. The van der Waals surface area contributed by atoms with Crippen LogP contribution in [0.4, 0.5) is 0 Å². The maximum atomic E-state index is 12.0.